The maximum Gasteiger partial charge on any atom is 0.224 e. The molecule has 1 atom stereocenters. The number of hydrogen-bond acceptors (Lipinski definition) is 3. The van der Waals surface area contributed by atoms with Gasteiger partial charge in [0.25, 0.3) is 0 Å². The quantitative estimate of drug-likeness (QED) is 0.623. The second kappa shape index (κ2) is 9.90. The van der Waals surface area contributed by atoms with Crippen LogP contribution in [0.15, 0.2) is 48.5 Å². The van der Waals surface area contributed by atoms with Gasteiger partial charge in [0.2, 0.25) is 15.9 Å². The monoisotopic (exact) mass is 482 g/mol. The minimum atomic E-state index is -3.66. The lowest BCUT2D eigenvalue weighted by atomic mass is 9.92. The normalized spacial score (nSPS) is 18.0. The first-order chi connectivity index (χ1) is 14.6. The number of hydrogen-bond donors (Lipinski definition) is 1. The largest absolute Gasteiger partial charge is 0.351 e. The van der Waals surface area contributed by atoms with Gasteiger partial charge in [0.1, 0.15) is 0 Å². The first-order valence-corrected chi connectivity index (χ1v) is 12.7. The number of nitrogens with one attached hydrogen (secondary N) is 1. The van der Waals surface area contributed by atoms with Crippen LogP contribution in [0.5, 0.6) is 0 Å². The van der Waals surface area contributed by atoms with Crippen molar-refractivity contribution in [2.45, 2.75) is 44.4 Å². The molecule has 1 saturated heterocycles. The van der Waals surface area contributed by atoms with E-state index in [0.717, 1.165) is 5.56 Å². The molecular weight excluding hydrogens is 455 g/mol. The average molecular weight is 483 g/mol. The third kappa shape index (κ3) is 6.45. The highest BCUT2D eigenvalue weighted by atomic mass is 35.5. The Balaban J connectivity index is 1.66. The molecule has 1 fully saturated rings. The Morgan fingerprint density at radius 3 is 2.39 bits per heavy atom. The Morgan fingerprint density at radius 1 is 1.10 bits per heavy atom. The number of rotatable bonds is 7. The molecule has 0 saturated carbocycles. The van der Waals surface area contributed by atoms with Gasteiger partial charge in [-0.1, -0.05) is 59.6 Å². The van der Waals surface area contributed by atoms with Crippen molar-refractivity contribution in [2.24, 2.45) is 5.92 Å². The van der Waals surface area contributed by atoms with Crippen molar-refractivity contribution >= 4 is 39.1 Å². The van der Waals surface area contributed by atoms with Crippen LogP contribution in [0, 0.1) is 5.92 Å². The Kier molecular flexibility index (Phi) is 7.68. The van der Waals surface area contributed by atoms with Crippen molar-refractivity contribution in [2.75, 3.05) is 13.1 Å². The number of nitrogens with zero attached hydrogens (tertiary/aromatic N) is 1. The van der Waals surface area contributed by atoms with Gasteiger partial charge in [0.05, 0.1) is 11.7 Å². The van der Waals surface area contributed by atoms with Gasteiger partial charge in [-0.3, -0.25) is 4.79 Å². The van der Waals surface area contributed by atoms with Gasteiger partial charge in [0.15, 0.2) is 0 Å². The van der Waals surface area contributed by atoms with Crippen LogP contribution < -0.4 is 5.32 Å². The molecule has 2 aromatic rings. The molecule has 3 rings (SSSR count). The fourth-order valence-corrected chi connectivity index (χ4v) is 6.30. The predicted molar refractivity (Wildman–Crippen MR) is 126 cm³/mol. The number of halogens is 2. The highest BCUT2D eigenvalue weighted by Crippen LogP contribution is 2.29. The standard InChI is InChI=1S/C23H28Cl2N2O3S/c1-23(2,14-17-8-4-3-5-9-17)26-22(28)18-10-7-13-27(15-18)31(29,30)16-19-20(24)11-6-12-21(19)25/h3-6,8-9,11-12,18H,7,10,13-16H2,1-2H3,(H,26,28). The van der Waals surface area contributed by atoms with Gasteiger partial charge >= 0.3 is 0 Å². The number of carbonyl (C=O) groups is 1. The van der Waals surface area contributed by atoms with E-state index in [9.17, 15) is 13.2 Å². The molecule has 168 valence electrons. The van der Waals surface area contributed by atoms with Crippen LogP contribution >= 0.6 is 23.2 Å². The average Bonchev–Trinajstić information content (AvgIpc) is 2.71. The molecule has 0 bridgehead atoms. The highest BCUT2D eigenvalue weighted by molar-refractivity contribution is 7.88. The van der Waals surface area contributed by atoms with Gasteiger partial charge in [-0.25, -0.2) is 12.7 Å². The summed E-state index contributed by atoms with van der Waals surface area (Å²) in [7, 11) is -3.66. The molecule has 1 heterocycles. The zero-order valence-electron chi connectivity index (χ0n) is 17.8. The molecule has 1 amide bonds. The van der Waals surface area contributed by atoms with E-state index in [4.69, 9.17) is 23.2 Å². The summed E-state index contributed by atoms with van der Waals surface area (Å²) in [5.41, 5.74) is 1.09. The third-order valence-electron chi connectivity index (χ3n) is 5.49. The number of sulfonamides is 1. The van der Waals surface area contributed by atoms with Crippen LogP contribution in [0.25, 0.3) is 0 Å². The van der Waals surface area contributed by atoms with Crippen molar-refractivity contribution in [3.8, 4) is 0 Å². The predicted octanol–water partition coefficient (Wildman–Crippen LogP) is 4.67. The van der Waals surface area contributed by atoms with Crippen LogP contribution in [0.1, 0.15) is 37.8 Å². The summed E-state index contributed by atoms with van der Waals surface area (Å²) < 4.78 is 27.5. The second-order valence-corrected chi connectivity index (χ2v) is 11.5. The van der Waals surface area contributed by atoms with Gasteiger partial charge < -0.3 is 5.32 Å². The lowest BCUT2D eigenvalue weighted by Gasteiger charge is -2.34. The summed E-state index contributed by atoms with van der Waals surface area (Å²) in [4.78, 5) is 13.0. The molecule has 2 aromatic carbocycles. The zero-order valence-corrected chi connectivity index (χ0v) is 20.1. The summed E-state index contributed by atoms with van der Waals surface area (Å²) in [6.07, 6.45) is 1.98. The number of amides is 1. The van der Waals surface area contributed by atoms with Crippen molar-refractivity contribution < 1.29 is 13.2 Å². The first-order valence-electron chi connectivity index (χ1n) is 10.3. The van der Waals surface area contributed by atoms with Gasteiger partial charge in [-0.2, -0.15) is 0 Å². The van der Waals surface area contributed by atoms with Crippen LogP contribution in [-0.4, -0.2) is 37.3 Å². The highest BCUT2D eigenvalue weighted by Gasteiger charge is 2.34. The van der Waals surface area contributed by atoms with Crippen LogP contribution in [0.4, 0.5) is 0 Å². The van der Waals surface area contributed by atoms with Gasteiger partial charge in [0, 0.05) is 34.2 Å². The molecule has 0 radical (unpaired) electrons. The van der Waals surface area contributed by atoms with E-state index in [1.165, 1.54) is 4.31 Å². The topological polar surface area (TPSA) is 66.5 Å². The summed E-state index contributed by atoms with van der Waals surface area (Å²) in [5, 5.41) is 3.76. The first kappa shape index (κ1) is 24.1. The summed E-state index contributed by atoms with van der Waals surface area (Å²) in [6.45, 7) is 4.52. The Hall–Kier alpha value is -1.60. The van der Waals surface area contributed by atoms with Crippen LogP contribution in [0.2, 0.25) is 10.0 Å². The van der Waals surface area contributed by atoms with E-state index in [0.29, 0.717) is 41.4 Å². The van der Waals surface area contributed by atoms with E-state index >= 15 is 0 Å². The van der Waals surface area contributed by atoms with E-state index in [-0.39, 0.29) is 24.1 Å². The van der Waals surface area contributed by atoms with E-state index in [2.05, 4.69) is 5.32 Å². The minimum absolute atomic E-state index is 0.114. The lowest BCUT2D eigenvalue weighted by Crippen LogP contribution is -2.51. The number of carbonyl (C=O) groups excluding carboxylic acids is 1. The summed E-state index contributed by atoms with van der Waals surface area (Å²) in [6, 6.07) is 14.9. The van der Waals surface area contributed by atoms with E-state index in [1.54, 1.807) is 18.2 Å². The smallest absolute Gasteiger partial charge is 0.224 e. The molecule has 5 nitrogen and oxygen atoms in total. The molecule has 31 heavy (non-hydrogen) atoms. The third-order valence-corrected chi connectivity index (χ3v) is 7.97. The Labute approximate surface area is 194 Å². The van der Waals surface area contributed by atoms with Gasteiger partial charge in [-0.05, 0) is 50.8 Å². The van der Waals surface area contributed by atoms with Gasteiger partial charge in [-0.15, -0.1) is 0 Å². The lowest BCUT2D eigenvalue weighted by molar-refractivity contribution is -0.127. The van der Waals surface area contributed by atoms with Crippen molar-refractivity contribution in [3.63, 3.8) is 0 Å². The number of piperidine rings is 1. The molecular formula is C23H28Cl2N2O3S. The van der Waals surface area contributed by atoms with Crippen molar-refractivity contribution in [1.29, 1.82) is 0 Å². The fraction of sp³-hybridized carbons (Fsp3) is 0.435. The Bertz CT molecular complexity index is 1010. The Morgan fingerprint density at radius 2 is 1.74 bits per heavy atom. The molecule has 1 unspecified atom stereocenters. The van der Waals surface area contributed by atoms with Crippen molar-refractivity contribution in [3.05, 3.63) is 69.7 Å². The molecule has 1 aliphatic heterocycles. The minimum Gasteiger partial charge on any atom is -0.351 e. The molecule has 0 aliphatic carbocycles. The molecule has 1 aliphatic rings. The molecule has 0 spiro atoms. The summed E-state index contributed by atoms with van der Waals surface area (Å²) in [5.74, 6) is -0.781. The van der Waals surface area contributed by atoms with Crippen molar-refractivity contribution in [1.82, 2.24) is 9.62 Å². The fourth-order valence-electron chi connectivity index (χ4n) is 3.94. The second-order valence-electron chi connectivity index (χ2n) is 8.69. The zero-order chi connectivity index (χ0) is 22.6. The molecule has 0 aromatic heterocycles. The van der Waals surface area contributed by atoms with Crippen LogP contribution in [-0.2, 0) is 27.0 Å². The molecule has 1 N–H and O–H groups in total. The molecule has 8 heteroatoms. The summed E-state index contributed by atoms with van der Waals surface area (Å²) >= 11 is 12.3. The van der Waals surface area contributed by atoms with E-state index < -0.39 is 15.6 Å². The number of benzene rings is 2. The SMILES string of the molecule is CC(C)(Cc1ccccc1)NC(=O)C1CCCN(S(=O)(=O)Cc2c(Cl)cccc2Cl)C1. The van der Waals surface area contributed by atoms with Crippen LogP contribution in [0.3, 0.4) is 0 Å². The maximum absolute atomic E-state index is 13.0. The maximum atomic E-state index is 13.0. The van der Waals surface area contributed by atoms with E-state index in [1.807, 2.05) is 44.2 Å².